The third-order valence-electron chi connectivity index (χ3n) is 3.19. The van der Waals surface area contributed by atoms with E-state index >= 15 is 0 Å². The van der Waals surface area contributed by atoms with E-state index in [1.807, 2.05) is 12.2 Å². The normalized spacial score (nSPS) is 23.3. The van der Waals surface area contributed by atoms with Crippen molar-refractivity contribution in [2.45, 2.75) is 30.4 Å². The molecule has 0 saturated carbocycles. The number of hydrogen-bond donors (Lipinski definition) is 1. The molecule has 0 bridgehead atoms. The first kappa shape index (κ1) is 14.6. The molecule has 0 saturated heterocycles. The molecular weight excluding hydrogens is 306 g/mol. The van der Waals surface area contributed by atoms with Gasteiger partial charge in [0.15, 0.2) is 0 Å². The summed E-state index contributed by atoms with van der Waals surface area (Å²) in [5, 5.41) is 0. The van der Waals surface area contributed by atoms with E-state index in [0.717, 1.165) is 17.8 Å². The van der Waals surface area contributed by atoms with E-state index < -0.39 is 21.3 Å². The van der Waals surface area contributed by atoms with Crippen LogP contribution in [0.3, 0.4) is 0 Å². The number of halogens is 1. The maximum absolute atomic E-state index is 12.2. The van der Waals surface area contributed by atoms with Gasteiger partial charge < -0.3 is 0 Å². The molecule has 7 heteroatoms. The first-order chi connectivity index (χ1) is 8.83. The molecule has 0 radical (unpaired) electrons. The Morgan fingerprint density at radius 2 is 2.16 bits per heavy atom. The highest BCUT2D eigenvalue weighted by Crippen LogP contribution is 2.33. The van der Waals surface area contributed by atoms with E-state index in [0.29, 0.717) is 17.2 Å². The fourth-order valence-corrected chi connectivity index (χ4v) is 4.49. The number of allylic oxidation sites excluding steroid dienone is 2. The average Bonchev–Trinajstić information content (AvgIpc) is 2.77. The van der Waals surface area contributed by atoms with Gasteiger partial charge in [0.05, 0.1) is 9.75 Å². The summed E-state index contributed by atoms with van der Waals surface area (Å²) in [6.07, 6.45) is 5.91. The van der Waals surface area contributed by atoms with Gasteiger partial charge in [0.2, 0.25) is 5.91 Å². The number of hydrogen-bond acceptors (Lipinski definition) is 4. The zero-order valence-corrected chi connectivity index (χ0v) is 12.7. The molecule has 1 N–H and O–H groups in total. The summed E-state index contributed by atoms with van der Waals surface area (Å²) in [4.78, 5) is 12.2. The van der Waals surface area contributed by atoms with Gasteiger partial charge in [0.25, 0.3) is 10.0 Å². The molecule has 0 aliphatic heterocycles. The minimum absolute atomic E-state index is 0.0563. The van der Waals surface area contributed by atoms with Crippen molar-refractivity contribution in [2.24, 2.45) is 5.41 Å². The number of rotatable bonds is 3. The third kappa shape index (κ3) is 3.19. The van der Waals surface area contributed by atoms with Crippen LogP contribution in [-0.2, 0) is 14.8 Å². The van der Waals surface area contributed by atoms with Crippen molar-refractivity contribution in [2.75, 3.05) is 0 Å². The molecule has 1 aliphatic rings. The van der Waals surface area contributed by atoms with Crippen molar-refractivity contribution in [3.8, 4) is 0 Å². The predicted molar refractivity (Wildman–Crippen MR) is 75.8 cm³/mol. The van der Waals surface area contributed by atoms with Gasteiger partial charge in [-0.25, -0.2) is 13.1 Å². The van der Waals surface area contributed by atoms with Gasteiger partial charge in [-0.3, -0.25) is 4.79 Å². The Bertz CT molecular complexity index is 621. The summed E-state index contributed by atoms with van der Waals surface area (Å²) in [7, 11) is -3.82. The van der Waals surface area contributed by atoms with Gasteiger partial charge in [0.1, 0.15) is 4.21 Å². The van der Waals surface area contributed by atoms with Crippen LogP contribution in [0.2, 0.25) is 4.34 Å². The summed E-state index contributed by atoms with van der Waals surface area (Å²) in [5.41, 5.74) is -0.664. The number of nitrogens with one attached hydrogen (secondary N) is 1. The van der Waals surface area contributed by atoms with Gasteiger partial charge in [-0.15, -0.1) is 11.3 Å². The van der Waals surface area contributed by atoms with Crippen LogP contribution in [-0.4, -0.2) is 14.3 Å². The Hall–Kier alpha value is -0.850. The molecule has 104 valence electrons. The number of carbonyl (C=O) groups is 1. The van der Waals surface area contributed by atoms with Gasteiger partial charge in [-0.1, -0.05) is 30.7 Å². The standard InChI is InChI=1S/C12H14ClNO3S2/c1-12(7-3-2-4-8-12)11(15)14-19(16,17)10-6-5-9(13)18-10/h2-3,5-6H,4,7-8H2,1H3,(H,14,15). The summed E-state index contributed by atoms with van der Waals surface area (Å²) >= 11 is 6.64. The highest BCUT2D eigenvalue weighted by molar-refractivity contribution is 7.92. The Balaban J connectivity index is 2.16. The van der Waals surface area contributed by atoms with E-state index in [9.17, 15) is 13.2 Å². The molecule has 0 spiro atoms. The fraction of sp³-hybridized carbons (Fsp3) is 0.417. The number of carbonyl (C=O) groups excluding carboxylic acids is 1. The Kier molecular flexibility index (Phi) is 4.03. The topological polar surface area (TPSA) is 63.2 Å². The van der Waals surface area contributed by atoms with Crippen molar-refractivity contribution >= 4 is 38.9 Å². The maximum Gasteiger partial charge on any atom is 0.273 e. The molecule has 0 fully saturated rings. The molecule has 1 heterocycles. The number of amides is 1. The van der Waals surface area contributed by atoms with Crippen LogP contribution in [0.15, 0.2) is 28.5 Å². The largest absolute Gasteiger partial charge is 0.273 e. The summed E-state index contributed by atoms with van der Waals surface area (Å²) < 4.78 is 26.7. The number of thiophene rings is 1. The van der Waals surface area contributed by atoms with Crippen LogP contribution in [0.5, 0.6) is 0 Å². The van der Waals surface area contributed by atoms with Crippen molar-refractivity contribution in [1.29, 1.82) is 0 Å². The third-order valence-corrected chi connectivity index (χ3v) is 6.24. The SMILES string of the molecule is CC1(C(=O)NS(=O)(=O)c2ccc(Cl)s2)CC=CCC1. The lowest BCUT2D eigenvalue weighted by molar-refractivity contribution is -0.128. The summed E-state index contributed by atoms with van der Waals surface area (Å²) in [6, 6.07) is 2.89. The smallest absolute Gasteiger partial charge is 0.273 e. The number of sulfonamides is 1. The molecule has 19 heavy (non-hydrogen) atoms. The molecule has 1 aromatic rings. The molecule has 1 aromatic heterocycles. The molecule has 0 aromatic carbocycles. The minimum atomic E-state index is -3.82. The van der Waals surface area contributed by atoms with E-state index in [1.165, 1.54) is 12.1 Å². The second-order valence-corrected chi connectivity index (χ2v) is 8.39. The van der Waals surface area contributed by atoms with Gasteiger partial charge in [-0.2, -0.15) is 0 Å². The van der Waals surface area contributed by atoms with E-state index in [-0.39, 0.29) is 4.21 Å². The lowest BCUT2D eigenvalue weighted by atomic mass is 9.78. The summed E-state index contributed by atoms with van der Waals surface area (Å²) in [5.74, 6) is -0.457. The molecule has 1 unspecified atom stereocenters. The molecule has 4 nitrogen and oxygen atoms in total. The first-order valence-corrected chi connectivity index (χ1v) is 8.49. The highest BCUT2D eigenvalue weighted by atomic mass is 35.5. The fourth-order valence-electron chi connectivity index (χ4n) is 1.91. The van der Waals surface area contributed by atoms with Crippen molar-refractivity contribution < 1.29 is 13.2 Å². The van der Waals surface area contributed by atoms with Crippen LogP contribution in [0, 0.1) is 5.41 Å². The highest BCUT2D eigenvalue weighted by Gasteiger charge is 2.35. The van der Waals surface area contributed by atoms with Crippen molar-refractivity contribution in [1.82, 2.24) is 4.72 Å². The molecule has 1 atom stereocenters. The zero-order valence-electron chi connectivity index (χ0n) is 10.3. The van der Waals surface area contributed by atoms with Crippen LogP contribution in [0.1, 0.15) is 26.2 Å². The van der Waals surface area contributed by atoms with Crippen molar-refractivity contribution in [3.05, 3.63) is 28.6 Å². The zero-order chi connectivity index (χ0) is 14.1. The predicted octanol–water partition coefficient (Wildman–Crippen LogP) is 2.95. The van der Waals surface area contributed by atoms with Crippen LogP contribution < -0.4 is 4.72 Å². The molecule has 1 amide bonds. The van der Waals surface area contributed by atoms with E-state index in [2.05, 4.69) is 4.72 Å². The average molecular weight is 320 g/mol. The Morgan fingerprint density at radius 1 is 1.42 bits per heavy atom. The lowest BCUT2D eigenvalue weighted by Gasteiger charge is -2.28. The monoisotopic (exact) mass is 319 g/mol. The van der Waals surface area contributed by atoms with Crippen LogP contribution >= 0.6 is 22.9 Å². The quantitative estimate of drug-likeness (QED) is 0.871. The summed E-state index contributed by atoms with van der Waals surface area (Å²) in [6.45, 7) is 1.78. The Morgan fingerprint density at radius 3 is 2.68 bits per heavy atom. The minimum Gasteiger partial charge on any atom is -0.273 e. The molecule has 2 rings (SSSR count). The van der Waals surface area contributed by atoms with Gasteiger partial charge in [-0.05, 0) is 31.4 Å². The molecular formula is C12H14ClNO3S2. The van der Waals surface area contributed by atoms with Gasteiger partial charge in [0, 0.05) is 0 Å². The first-order valence-electron chi connectivity index (χ1n) is 5.81. The van der Waals surface area contributed by atoms with E-state index in [1.54, 1.807) is 6.92 Å². The Labute approximate surface area is 121 Å². The lowest BCUT2D eigenvalue weighted by Crippen LogP contribution is -2.42. The van der Waals surface area contributed by atoms with E-state index in [4.69, 9.17) is 11.6 Å². The van der Waals surface area contributed by atoms with Crippen LogP contribution in [0.25, 0.3) is 0 Å². The maximum atomic E-state index is 12.2. The van der Waals surface area contributed by atoms with Crippen LogP contribution in [0.4, 0.5) is 0 Å². The second kappa shape index (κ2) is 5.26. The van der Waals surface area contributed by atoms with Gasteiger partial charge >= 0.3 is 0 Å². The molecule has 1 aliphatic carbocycles. The van der Waals surface area contributed by atoms with Crippen molar-refractivity contribution in [3.63, 3.8) is 0 Å². The second-order valence-electron chi connectivity index (χ2n) is 4.77.